The Morgan fingerprint density at radius 1 is 1.09 bits per heavy atom. The first-order chi connectivity index (χ1) is 16.0. The van der Waals surface area contributed by atoms with Crippen molar-refractivity contribution >= 4 is 21.8 Å². The molecule has 0 aliphatic carbocycles. The van der Waals surface area contributed by atoms with E-state index in [4.69, 9.17) is 0 Å². The summed E-state index contributed by atoms with van der Waals surface area (Å²) in [5.74, 6) is 0. The van der Waals surface area contributed by atoms with Gasteiger partial charge >= 0.3 is 0 Å². The van der Waals surface area contributed by atoms with Gasteiger partial charge in [-0.25, -0.2) is 14.8 Å². The molecule has 0 saturated heterocycles. The first-order valence-electron chi connectivity index (χ1n) is 10.4. The Bertz CT molecular complexity index is 1440. The highest BCUT2D eigenvalue weighted by Crippen LogP contribution is 2.17. The first kappa shape index (κ1) is 20.7. The van der Waals surface area contributed by atoms with Crippen molar-refractivity contribution in [1.29, 1.82) is 0 Å². The van der Waals surface area contributed by atoms with E-state index in [2.05, 4.69) is 46.5 Å². The van der Waals surface area contributed by atoms with E-state index in [1.807, 2.05) is 13.8 Å². The molecular formula is C18H21N13O2. The van der Waals surface area contributed by atoms with Crippen molar-refractivity contribution < 1.29 is 0 Å². The lowest BCUT2D eigenvalue weighted by molar-refractivity contribution is 0.180. The van der Waals surface area contributed by atoms with Crippen molar-refractivity contribution in [3.63, 3.8) is 0 Å². The van der Waals surface area contributed by atoms with Crippen LogP contribution in [0.1, 0.15) is 32.4 Å². The highest BCUT2D eigenvalue weighted by molar-refractivity contribution is 5.93. The van der Waals surface area contributed by atoms with Crippen LogP contribution in [0.25, 0.3) is 21.8 Å². The summed E-state index contributed by atoms with van der Waals surface area (Å²) in [6, 6.07) is 2.63. The molecule has 0 radical (unpaired) electrons. The van der Waals surface area contributed by atoms with Crippen molar-refractivity contribution in [1.82, 2.24) is 55.3 Å². The summed E-state index contributed by atoms with van der Waals surface area (Å²) in [6.07, 6.45) is 3.44. The molecule has 1 aliphatic heterocycles. The molecular weight excluding hydrogens is 430 g/mol. The zero-order chi connectivity index (χ0) is 22.9. The number of nitrogens with one attached hydrogen (secondary N) is 1. The van der Waals surface area contributed by atoms with Crippen molar-refractivity contribution in [2.75, 3.05) is 13.2 Å². The molecule has 0 fully saturated rings. The third-order valence-electron chi connectivity index (χ3n) is 5.58. The molecule has 1 N–H and O–H groups in total. The summed E-state index contributed by atoms with van der Waals surface area (Å²) in [4.78, 5) is 32.2. The van der Waals surface area contributed by atoms with Crippen LogP contribution in [0.5, 0.6) is 0 Å². The number of hydrogen-bond acceptors (Lipinski definition) is 12. The number of tetrazole rings is 1. The fraction of sp³-hybridized carbons (Fsp3) is 0.444. The monoisotopic (exact) mass is 451 g/mol. The van der Waals surface area contributed by atoms with Gasteiger partial charge in [0.2, 0.25) is 0 Å². The number of rotatable bonds is 7. The fourth-order valence-electron chi connectivity index (χ4n) is 3.77. The fourth-order valence-corrected chi connectivity index (χ4v) is 3.77. The average Bonchev–Trinajstić information content (AvgIpc) is 3.52. The third kappa shape index (κ3) is 3.82. The molecule has 15 heteroatoms. The van der Waals surface area contributed by atoms with Crippen molar-refractivity contribution in [3.8, 4) is 0 Å². The highest BCUT2D eigenvalue weighted by Gasteiger charge is 2.20. The summed E-state index contributed by atoms with van der Waals surface area (Å²) in [6.45, 7) is 4.98. The van der Waals surface area contributed by atoms with Gasteiger partial charge in [0, 0.05) is 0 Å². The lowest BCUT2D eigenvalue weighted by Gasteiger charge is -2.20. The van der Waals surface area contributed by atoms with Gasteiger partial charge in [0.1, 0.15) is 12.2 Å². The van der Waals surface area contributed by atoms with Crippen LogP contribution in [0.2, 0.25) is 0 Å². The second-order valence-corrected chi connectivity index (χ2v) is 7.71. The molecule has 4 aromatic rings. The smallest absolute Gasteiger partial charge is 0.278 e. The van der Waals surface area contributed by atoms with E-state index in [0.717, 1.165) is 0 Å². The summed E-state index contributed by atoms with van der Waals surface area (Å²) < 4.78 is 2.84. The van der Waals surface area contributed by atoms with Gasteiger partial charge in [0.05, 0.1) is 47.8 Å². The maximum Gasteiger partial charge on any atom is 0.278 e. The standard InChI is InChI=1S/C18H21N13O2/c1-3-12(7-30-23-9-21-26-30)31-18(33)14-4-15-13(5-16(14)24-27-31)17(32)28(10-19-15)11(2)6-29-22-8-20-25-29/h4-5,8,10-12,23H,3,6-7,9H2,1-2H3/t11-,12-/m1/s1. The zero-order valence-electron chi connectivity index (χ0n) is 18.0. The summed E-state index contributed by atoms with van der Waals surface area (Å²) >= 11 is 0. The minimum atomic E-state index is -0.304. The quantitative estimate of drug-likeness (QED) is 0.373. The molecule has 0 bridgehead atoms. The lowest BCUT2D eigenvalue weighted by Crippen LogP contribution is -2.38. The van der Waals surface area contributed by atoms with Crippen LogP contribution in [0, 0.1) is 0 Å². The van der Waals surface area contributed by atoms with Gasteiger partial charge in [-0.15, -0.1) is 15.3 Å². The summed E-state index contributed by atoms with van der Waals surface area (Å²) in [5, 5.41) is 29.9. The topological polar surface area (TPSA) is 166 Å². The normalized spacial score (nSPS) is 15.5. The Kier molecular flexibility index (Phi) is 5.29. The maximum absolute atomic E-state index is 13.2. The van der Waals surface area contributed by atoms with Gasteiger partial charge < -0.3 is 0 Å². The Balaban J connectivity index is 1.53. The van der Waals surface area contributed by atoms with E-state index in [-0.39, 0.29) is 23.2 Å². The van der Waals surface area contributed by atoms with Gasteiger partial charge in [0.25, 0.3) is 11.1 Å². The maximum atomic E-state index is 13.2. The van der Waals surface area contributed by atoms with E-state index in [9.17, 15) is 9.59 Å². The second-order valence-electron chi connectivity index (χ2n) is 7.71. The molecule has 15 nitrogen and oxygen atoms in total. The van der Waals surface area contributed by atoms with E-state index < -0.39 is 0 Å². The van der Waals surface area contributed by atoms with Gasteiger partial charge in [0.15, 0.2) is 6.33 Å². The van der Waals surface area contributed by atoms with E-state index in [1.54, 1.807) is 17.3 Å². The van der Waals surface area contributed by atoms with Gasteiger partial charge in [-0.3, -0.25) is 14.2 Å². The molecule has 5 rings (SSSR count). The highest BCUT2D eigenvalue weighted by atomic mass is 16.1. The molecule has 4 heterocycles. The molecule has 170 valence electrons. The SMILES string of the molecule is CC[C@H](CN1N=NCN1)n1nnc2cc3c(=O)n([C@H](C)Cn4ncnn4)cnc3cc2c1=O. The average molecular weight is 451 g/mol. The van der Waals surface area contributed by atoms with Gasteiger partial charge in [-0.1, -0.05) is 17.4 Å². The third-order valence-corrected chi connectivity index (χ3v) is 5.58. The molecule has 0 spiro atoms. The minimum absolute atomic E-state index is 0.252. The van der Waals surface area contributed by atoms with E-state index in [0.29, 0.717) is 48.0 Å². The number of hydrazine groups is 1. The Morgan fingerprint density at radius 2 is 1.91 bits per heavy atom. The Labute approximate surface area is 185 Å². The number of nitrogens with zero attached hydrogens (tertiary/aromatic N) is 12. The number of benzene rings is 1. The number of hydrogen-bond donors (Lipinski definition) is 1. The lowest BCUT2D eigenvalue weighted by atomic mass is 10.1. The van der Waals surface area contributed by atoms with Gasteiger partial charge in [-0.05, 0) is 30.7 Å². The molecule has 33 heavy (non-hydrogen) atoms. The molecule has 3 aromatic heterocycles. The van der Waals surface area contributed by atoms with Gasteiger partial charge in [-0.2, -0.15) is 15.3 Å². The minimum Gasteiger partial charge on any atom is -0.294 e. The predicted octanol–water partition coefficient (Wildman–Crippen LogP) is -0.155. The van der Waals surface area contributed by atoms with E-state index >= 15 is 0 Å². The number of aromatic nitrogens is 9. The van der Waals surface area contributed by atoms with Crippen molar-refractivity contribution in [2.24, 2.45) is 10.3 Å². The summed E-state index contributed by atoms with van der Waals surface area (Å²) in [7, 11) is 0. The molecule has 1 aliphatic rings. The summed E-state index contributed by atoms with van der Waals surface area (Å²) in [5.41, 5.74) is 3.17. The number of fused-ring (bicyclic) bond motifs is 2. The van der Waals surface area contributed by atoms with Crippen molar-refractivity contribution in [2.45, 2.75) is 38.9 Å². The molecule has 0 saturated carbocycles. The van der Waals surface area contributed by atoms with Crippen LogP contribution in [0.15, 0.2) is 44.7 Å². The Morgan fingerprint density at radius 3 is 2.64 bits per heavy atom. The van der Waals surface area contributed by atoms with Crippen LogP contribution in [-0.2, 0) is 6.54 Å². The zero-order valence-corrected chi connectivity index (χ0v) is 18.0. The Hall–Kier alpha value is -4.14. The largest absolute Gasteiger partial charge is 0.294 e. The predicted molar refractivity (Wildman–Crippen MR) is 115 cm³/mol. The van der Waals surface area contributed by atoms with Crippen LogP contribution in [0.4, 0.5) is 0 Å². The van der Waals surface area contributed by atoms with Crippen LogP contribution >= 0.6 is 0 Å². The molecule has 1 aromatic carbocycles. The van der Waals surface area contributed by atoms with Crippen LogP contribution < -0.4 is 16.5 Å². The molecule has 0 amide bonds. The van der Waals surface area contributed by atoms with E-state index in [1.165, 1.54) is 26.7 Å². The molecule has 0 unspecified atom stereocenters. The van der Waals surface area contributed by atoms with Crippen molar-refractivity contribution in [3.05, 3.63) is 45.5 Å². The second kappa shape index (κ2) is 8.42. The molecule has 2 atom stereocenters. The van der Waals surface area contributed by atoms with Crippen LogP contribution in [-0.4, -0.2) is 63.1 Å². The van der Waals surface area contributed by atoms with Crippen LogP contribution in [0.3, 0.4) is 0 Å². The first-order valence-corrected chi connectivity index (χ1v) is 10.4.